The summed E-state index contributed by atoms with van der Waals surface area (Å²) in [5.41, 5.74) is 3.59. The van der Waals surface area contributed by atoms with E-state index in [0.717, 1.165) is 30.5 Å². The van der Waals surface area contributed by atoms with Crippen molar-refractivity contribution in [3.8, 4) is 0 Å². The summed E-state index contributed by atoms with van der Waals surface area (Å²) in [5.74, 6) is 0.502. The largest absolute Gasteiger partial charge is 0.455 e. The Morgan fingerprint density at radius 2 is 1.87 bits per heavy atom. The number of hydrogen-bond donors (Lipinski definition) is 0. The van der Waals surface area contributed by atoms with Crippen LogP contribution in [0.3, 0.4) is 0 Å². The molecule has 3 heterocycles. The van der Waals surface area contributed by atoms with E-state index in [9.17, 15) is 9.59 Å². The van der Waals surface area contributed by atoms with Crippen molar-refractivity contribution in [1.82, 2.24) is 24.5 Å². The number of carbonyl (C=O) groups excluding carboxylic acids is 2. The zero-order valence-corrected chi connectivity index (χ0v) is 18.0. The molecule has 31 heavy (non-hydrogen) atoms. The second-order valence-corrected chi connectivity index (χ2v) is 8.08. The molecular formula is C23H27N5O3. The van der Waals surface area contributed by atoms with Crippen molar-refractivity contribution in [3.63, 3.8) is 0 Å². The van der Waals surface area contributed by atoms with E-state index in [4.69, 9.17) is 4.74 Å². The molecule has 8 heteroatoms. The number of rotatable bonds is 6. The zero-order chi connectivity index (χ0) is 21.8. The predicted octanol–water partition coefficient (Wildman–Crippen LogP) is 2.31. The first-order valence-corrected chi connectivity index (χ1v) is 10.6. The van der Waals surface area contributed by atoms with Crippen molar-refractivity contribution < 1.29 is 14.3 Å². The van der Waals surface area contributed by atoms with E-state index in [1.807, 2.05) is 19.9 Å². The van der Waals surface area contributed by atoms with Crippen LogP contribution in [0, 0.1) is 19.8 Å². The van der Waals surface area contributed by atoms with Gasteiger partial charge in [-0.15, -0.1) is 0 Å². The molecule has 1 amide bonds. The molecule has 1 aliphatic heterocycles. The number of ether oxygens (including phenoxy) is 1. The van der Waals surface area contributed by atoms with Gasteiger partial charge in [0.1, 0.15) is 6.33 Å². The second kappa shape index (κ2) is 9.24. The Morgan fingerprint density at radius 3 is 2.61 bits per heavy atom. The van der Waals surface area contributed by atoms with Gasteiger partial charge in [-0.2, -0.15) is 10.1 Å². The van der Waals surface area contributed by atoms with Gasteiger partial charge in [0.2, 0.25) is 0 Å². The lowest BCUT2D eigenvalue weighted by molar-refractivity contribution is -0.152. The Bertz CT molecular complexity index is 1070. The second-order valence-electron chi connectivity index (χ2n) is 8.08. The number of benzene rings is 1. The van der Waals surface area contributed by atoms with Gasteiger partial charge >= 0.3 is 5.97 Å². The van der Waals surface area contributed by atoms with Gasteiger partial charge in [0, 0.05) is 30.0 Å². The Morgan fingerprint density at radius 1 is 1.13 bits per heavy atom. The summed E-state index contributed by atoms with van der Waals surface area (Å²) in [5, 5.41) is 4.13. The SMILES string of the molecule is Cc1nc2ncnn2c(C)c1CC(=O)OCC(=O)N1CCC(Cc2ccccc2)CC1. The quantitative estimate of drug-likeness (QED) is 0.568. The number of piperidine rings is 1. The van der Waals surface area contributed by atoms with Crippen molar-refractivity contribution >= 4 is 17.7 Å². The number of fused-ring (bicyclic) bond motifs is 1. The Hall–Kier alpha value is -3.29. The lowest BCUT2D eigenvalue weighted by atomic mass is 9.90. The summed E-state index contributed by atoms with van der Waals surface area (Å²) in [4.78, 5) is 35.1. The molecule has 1 aromatic carbocycles. The van der Waals surface area contributed by atoms with E-state index in [2.05, 4.69) is 39.3 Å². The van der Waals surface area contributed by atoms with Gasteiger partial charge in [-0.3, -0.25) is 9.59 Å². The predicted molar refractivity (Wildman–Crippen MR) is 114 cm³/mol. The molecule has 0 spiro atoms. The molecule has 0 bridgehead atoms. The lowest BCUT2D eigenvalue weighted by Crippen LogP contribution is -2.41. The molecular weight excluding hydrogens is 394 g/mol. The molecule has 0 N–H and O–H groups in total. The maximum atomic E-state index is 12.5. The van der Waals surface area contributed by atoms with Crippen LogP contribution in [0.1, 0.15) is 35.4 Å². The first-order valence-electron chi connectivity index (χ1n) is 10.6. The van der Waals surface area contributed by atoms with Crippen molar-refractivity contribution in [2.45, 2.75) is 39.5 Å². The molecule has 0 unspecified atom stereocenters. The number of likely N-dealkylation sites (tertiary alicyclic amines) is 1. The number of aryl methyl sites for hydroxylation is 2. The molecule has 0 saturated carbocycles. The molecule has 0 atom stereocenters. The summed E-state index contributed by atoms with van der Waals surface area (Å²) in [6, 6.07) is 10.4. The summed E-state index contributed by atoms with van der Waals surface area (Å²) in [6.07, 6.45) is 4.46. The highest BCUT2D eigenvalue weighted by Crippen LogP contribution is 2.22. The van der Waals surface area contributed by atoms with Crippen LogP contribution in [0.15, 0.2) is 36.7 Å². The van der Waals surface area contributed by atoms with Crippen LogP contribution < -0.4 is 0 Å². The molecule has 0 radical (unpaired) electrons. The van der Waals surface area contributed by atoms with E-state index < -0.39 is 5.97 Å². The van der Waals surface area contributed by atoms with Crippen LogP contribution in [0.25, 0.3) is 5.78 Å². The topological polar surface area (TPSA) is 89.7 Å². The first-order chi connectivity index (χ1) is 15.0. The van der Waals surface area contributed by atoms with E-state index in [0.29, 0.717) is 30.5 Å². The van der Waals surface area contributed by atoms with Gasteiger partial charge in [-0.25, -0.2) is 9.50 Å². The van der Waals surface area contributed by atoms with Crippen LogP contribution >= 0.6 is 0 Å². The fraction of sp³-hybridized carbons (Fsp3) is 0.435. The number of amides is 1. The number of carbonyl (C=O) groups is 2. The lowest BCUT2D eigenvalue weighted by Gasteiger charge is -2.32. The number of nitrogens with zero attached hydrogens (tertiary/aromatic N) is 5. The van der Waals surface area contributed by atoms with E-state index >= 15 is 0 Å². The molecule has 162 valence electrons. The molecule has 1 fully saturated rings. The van der Waals surface area contributed by atoms with Gasteiger partial charge in [0.25, 0.3) is 11.7 Å². The van der Waals surface area contributed by atoms with Crippen LogP contribution in [-0.2, 0) is 27.2 Å². The van der Waals surface area contributed by atoms with E-state index in [1.165, 1.54) is 11.9 Å². The van der Waals surface area contributed by atoms with Crippen molar-refractivity contribution in [1.29, 1.82) is 0 Å². The highest BCUT2D eigenvalue weighted by Gasteiger charge is 2.24. The number of aromatic nitrogens is 4. The first kappa shape index (κ1) is 21.0. The molecule has 2 aromatic heterocycles. The van der Waals surface area contributed by atoms with Gasteiger partial charge in [-0.1, -0.05) is 30.3 Å². The molecule has 3 aromatic rings. The Kier molecular flexibility index (Phi) is 6.25. The molecule has 4 rings (SSSR count). The van der Waals surface area contributed by atoms with Crippen LogP contribution in [0.4, 0.5) is 0 Å². The highest BCUT2D eigenvalue weighted by atomic mass is 16.5. The standard InChI is InChI=1S/C23H27N5O3/c1-16-20(17(2)28-23(26-16)24-15-25-28)13-22(30)31-14-21(29)27-10-8-19(9-11-27)12-18-6-4-3-5-7-18/h3-7,15,19H,8-14H2,1-2H3. The number of esters is 1. The summed E-state index contributed by atoms with van der Waals surface area (Å²) >= 11 is 0. The molecule has 0 aliphatic carbocycles. The van der Waals surface area contributed by atoms with Crippen molar-refractivity contribution in [2.75, 3.05) is 19.7 Å². The summed E-state index contributed by atoms with van der Waals surface area (Å²) in [7, 11) is 0. The van der Waals surface area contributed by atoms with Crippen LogP contribution in [0.2, 0.25) is 0 Å². The van der Waals surface area contributed by atoms with Gasteiger partial charge in [-0.05, 0) is 44.6 Å². The minimum Gasteiger partial charge on any atom is -0.455 e. The molecule has 1 saturated heterocycles. The van der Waals surface area contributed by atoms with Crippen LogP contribution in [0.5, 0.6) is 0 Å². The maximum absolute atomic E-state index is 12.5. The van der Waals surface area contributed by atoms with E-state index in [-0.39, 0.29) is 18.9 Å². The molecule has 1 aliphatic rings. The fourth-order valence-corrected chi connectivity index (χ4v) is 4.17. The monoisotopic (exact) mass is 421 g/mol. The smallest absolute Gasteiger partial charge is 0.310 e. The summed E-state index contributed by atoms with van der Waals surface area (Å²) in [6.45, 7) is 4.88. The minimum atomic E-state index is -0.445. The third-order valence-electron chi connectivity index (χ3n) is 6.00. The average Bonchev–Trinajstić information content (AvgIpc) is 3.25. The third kappa shape index (κ3) is 4.90. The maximum Gasteiger partial charge on any atom is 0.310 e. The zero-order valence-electron chi connectivity index (χ0n) is 18.0. The normalized spacial score (nSPS) is 14.7. The third-order valence-corrected chi connectivity index (χ3v) is 6.00. The Labute approximate surface area is 181 Å². The Balaban J connectivity index is 1.25. The van der Waals surface area contributed by atoms with Crippen molar-refractivity contribution in [2.24, 2.45) is 5.92 Å². The summed E-state index contributed by atoms with van der Waals surface area (Å²) < 4.78 is 6.88. The molecule has 8 nitrogen and oxygen atoms in total. The van der Waals surface area contributed by atoms with Crippen molar-refractivity contribution in [3.05, 3.63) is 59.2 Å². The van der Waals surface area contributed by atoms with E-state index in [1.54, 1.807) is 9.42 Å². The van der Waals surface area contributed by atoms with Gasteiger partial charge < -0.3 is 9.64 Å². The minimum absolute atomic E-state index is 0.0485. The number of hydrogen-bond acceptors (Lipinski definition) is 6. The van der Waals surface area contributed by atoms with Gasteiger partial charge in [0.05, 0.1) is 6.42 Å². The average molecular weight is 422 g/mol. The fourth-order valence-electron chi connectivity index (χ4n) is 4.17. The van der Waals surface area contributed by atoms with Gasteiger partial charge in [0.15, 0.2) is 6.61 Å². The highest BCUT2D eigenvalue weighted by molar-refractivity contribution is 5.81. The van der Waals surface area contributed by atoms with Crippen LogP contribution in [-0.4, -0.2) is 56.1 Å².